The number of methoxy groups -OCH3 is 1. The SMILES string of the molecule is COc1cccc2c3c([nH]c12)CCC3N. The Labute approximate surface area is 88.2 Å². The van der Waals surface area contributed by atoms with Crippen molar-refractivity contribution < 1.29 is 4.74 Å². The smallest absolute Gasteiger partial charge is 0.142 e. The summed E-state index contributed by atoms with van der Waals surface area (Å²) >= 11 is 0. The van der Waals surface area contributed by atoms with Gasteiger partial charge in [0.25, 0.3) is 0 Å². The molecule has 1 atom stereocenters. The predicted octanol–water partition coefficient (Wildman–Crippen LogP) is 2.12. The number of nitrogens with one attached hydrogen (secondary N) is 1. The van der Waals surface area contributed by atoms with Gasteiger partial charge in [-0.15, -0.1) is 0 Å². The predicted molar refractivity (Wildman–Crippen MR) is 60.1 cm³/mol. The van der Waals surface area contributed by atoms with Gasteiger partial charge in [0.15, 0.2) is 0 Å². The van der Waals surface area contributed by atoms with E-state index in [2.05, 4.69) is 11.1 Å². The second-order valence-corrected chi connectivity index (χ2v) is 4.05. The number of para-hydroxylation sites is 1. The minimum absolute atomic E-state index is 0.181. The van der Waals surface area contributed by atoms with Gasteiger partial charge in [-0.1, -0.05) is 12.1 Å². The van der Waals surface area contributed by atoms with Gasteiger partial charge in [0.2, 0.25) is 0 Å². The van der Waals surface area contributed by atoms with Crippen LogP contribution >= 0.6 is 0 Å². The molecular weight excluding hydrogens is 188 g/mol. The van der Waals surface area contributed by atoms with E-state index in [4.69, 9.17) is 10.5 Å². The molecular formula is C12H14N2O. The minimum atomic E-state index is 0.181. The van der Waals surface area contributed by atoms with Crippen LogP contribution in [-0.2, 0) is 6.42 Å². The summed E-state index contributed by atoms with van der Waals surface area (Å²) in [4.78, 5) is 3.42. The molecule has 1 heterocycles. The molecule has 0 spiro atoms. The quantitative estimate of drug-likeness (QED) is 0.744. The Morgan fingerprint density at radius 1 is 1.47 bits per heavy atom. The summed E-state index contributed by atoms with van der Waals surface area (Å²) < 4.78 is 5.33. The third kappa shape index (κ3) is 1.10. The van der Waals surface area contributed by atoms with Crippen molar-refractivity contribution in [2.24, 2.45) is 5.73 Å². The molecule has 3 nitrogen and oxygen atoms in total. The molecule has 0 fully saturated rings. The van der Waals surface area contributed by atoms with Crippen LogP contribution in [0, 0.1) is 0 Å². The van der Waals surface area contributed by atoms with Gasteiger partial charge in [-0.05, 0) is 24.5 Å². The van der Waals surface area contributed by atoms with Crippen LogP contribution in [0.3, 0.4) is 0 Å². The van der Waals surface area contributed by atoms with Gasteiger partial charge in [0.1, 0.15) is 5.75 Å². The summed E-state index contributed by atoms with van der Waals surface area (Å²) in [5, 5.41) is 1.22. The first-order chi connectivity index (χ1) is 7.31. The van der Waals surface area contributed by atoms with E-state index in [9.17, 15) is 0 Å². The molecule has 3 rings (SSSR count). The molecule has 0 aliphatic heterocycles. The van der Waals surface area contributed by atoms with Crippen molar-refractivity contribution >= 4 is 10.9 Å². The summed E-state index contributed by atoms with van der Waals surface area (Å²) in [5.74, 6) is 0.897. The average molecular weight is 202 g/mol. The first-order valence-corrected chi connectivity index (χ1v) is 5.24. The Balaban J connectivity index is 2.35. The van der Waals surface area contributed by atoms with Gasteiger partial charge < -0.3 is 15.5 Å². The van der Waals surface area contributed by atoms with E-state index in [0.29, 0.717) is 0 Å². The van der Waals surface area contributed by atoms with E-state index in [1.807, 2.05) is 12.1 Å². The Morgan fingerprint density at radius 3 is 3.13 bits per heavy atom. The molecule has 78 valence electrons. The van der Waals surface area contributed by atoms with Crippen LogP contribution in [0.15, 0.2) is 18.2 Å². The molecule has 2 aromatic rings. The topological polar surface area (TPSA) is 51.0 Å². The van der Waals surface area contributed by atoms with Crippen LogP contribution < -0.4 is 10.5 Å². The van der Waals surface area contributed by atoms with Crippen molar-refractivity contribution in [1.82, 2.24) is 4.98 Å². The van der Waals surface area contributed by atoms with E-state index < -0.39 is 0 Å². The summed E-state index contributed by atoms with van der Waals surface area (Å²) in [7, 11) is 1.70. The fourth-order valence-electron chi connectivity index (χ4n) is 2.50. The zero-order chi connectivity index (χ0) is 10.4. The van der Waals surface area contributed by atoms with E-state index >= 15 is 0 Å². The standard InChI is InChI=1S/C12H14N2O/c1-15-10-4-2-3-7-11-8(13)5-6-9(11)14-12(7)10/h2-4,8,14H,5-6,13H2,1H3. The summed E-state index contributed by atoms with van der Waals surface area (Å²) in [6, 6.07) is 6.28. The maximum absolute atomic E-state index is 6.09. The van der Waals surface area contributed by atoms with Crippen molar-refractivity contribution in [2.45, 2.75) is 18.9 Å². The number of H-pyrrole nitrogens is 1. The summed E-state index contributed by atoms with van der Waals surface area (Å²) in [5.41, 5.74) is 9.73. The van der Waals surface area contributed by atoms with Gasteiger partial charge in [0, 0.05) is 17.1 Å². The monoisotopic (exact) mass is 202 g/mol. The van der Waals surface area contributed by atoms with Crippen molar-refractivity contribution in [1.29, 1.82) is 0 Å². The number of hydrogen-bond donors (Lipinski definition) is 2. The molecule has 3 N–H and O–H groups in total. The van der Waals surface area contributed by atoms with Crippen LogP contribution in [0.4, 0.5) is 0 Å². The lowest BCUT2D eigenvalue weighted by Crippen LogP contribution is -2.04. The maximum Gasteiger partial charge on any atom is 0.142 e. The maximum atomic E-state index is 6.09. The number of aryl methyl sites for hydroxylation is 1. The highest BCUT2D eigenvalue weighted by Crippen LogP contribution is 2.38. The van der Waals surface area contributed by atoms with Crippen LogP contribution in [0.1, 0.15) is 23.7 Å². The van der Waals surface area contributed by atoms with E-state index in [-0.39, 0.29) is 6.04 Å². The lowest BCUT2D eigenvalue weighted by Gasteiger charge is -2.04. The molecule has 3 heteroatoms. The van der Waals surface area contributed by atoms with Crippen molar-refractivity contribution in [3.05, 3.63) is 29.5 Å². The van der Waals surface area contributed by atoms with Crippen molar-refractivity contribution in [2.75, 3.05) is 7.11 Å². The lowest BCUT2D eigenvalue weighted by atomic mass is 10.1. The highest BCUT2D eigenvalue weighted by atomic mass is 16.5. The van der Waals surface area contributed by atoms with E-state index in [1.54, 1.807) is 7.11 Å². The molecule has 0 radical (unpaired) electrons. The molecule has 1 aliphatic carbocycles. The van der Waals surface area contributed by atoms with Gasteiger partial charge in [0.05, 0.1) is 12.6 Å². The number of ether oxygens (including phenoxy) is 1. The van der Waals surface area contributed by atoms with Gasteiger partial charge in [-0.25, -0.2) is 0 Å². The first-order valence-electron chi connectivity index (χ1n) is 5.24. The molecule has 1 unspecified atom stereocenters. The first kappa shape index (κ1) is 8.80. The molecule has 0 saturated heterocycles. The molecule has 0 saturated carbocycles. The highest BCUT2D eigenvalue weighted by molar-refractivity contribution is 5.90. The zero-order valence-corrected chi connectivity index (χ0v) is 8.71. The molecule has 1 aromatic carbocycles. The summed E-state index contributed by atoms with van der Waals surface area (Å²) in [6.45, 7) is 0. The van der Waals surface area contributed by atoms with Gasteiger partial charge >= 0.3 is 0 Å². The number of rotatable bonds is 1. The number of nitrogens with two attached hydrogens (primary N) is 1. The molecule has 1 aliphatic rings. The van der Waals surface area contributed by atoms with E-state index in [1.165, 1.54) is 16.6 Å². The number of benzene rings is 1. The van der Waals surface area contributed by atoms with Gasteiger partial charge in [-0.3, -0.25) is 0 Å². The normalized spacial score (nSPS) is 19.5. The number of hydrogen-bond acceptors (Lipinski definition) is 2. The fraction of sp³-hybridized carbons (Fsp3) is 0.333. The average Bonchev–Trinajstić information content (AvgIpc) is 2.78. The third-order valence-corrected chi connectivity index (χ3v) is 3.21. The third-order valence-electron chi connectivity index (χ3n) is 3.21. The Kier molecular flexibility index (Phi) is 1.76. The molecule has 0 bridgehead atoms. The Bertz CT molecular complexity index is 516. The fourth-order valence-corrected chi connectivity index (χ4v) is 2.50. The second kappa shape index (κ2) is 3.00. The summed E-state index contributed by atoms with van der Waals surface area (Å²) in [6.07, 6.45) is 2.10. The van der Waals surface area contributed by atoms with Crippen LogP contribution in [0.25, 0.3) is 10.9 Å². The molecule has 15 heavy (non-hydrogen) atoms. The number of fused-ring (bicyclic) bond motifs is 3. The second-order valence-electron chi connectivity index (χ2n) is 4.05. The molecule has 0 amide bonds. The van der Waals surface area contributed by atoms with Crippen molar-refractivity contribution in [3.8, 4) is 5.75 Å². The Morgan fingerprint density at radius 2 is 2.33 bits per heavy atom. The van der Waals surface area contributed by atoms with E-state index in [0.717, 1.165) is 24.1 Å². The number of aromatic nitrogens is 1. The van der Waals surface area contributed by atoms with Crippen LogP contribution in [0.2, 0.25) is 0 Å². The van der Waals surface area contributed by atoms with Crippen molar-refractivity contribution in [3.63, 3.8) is 0 Å². The highest BCUT2D eigenvalue weighted by Gasteiger charge is 2.24. The van der Waals surface area contributed by atoms with Gasteiger partial charge in [-0.2, -0.15) is 0 Å². The van der Waals surface area contributed by atoms with Crippen LogP contribution in [0.5, 0.6) is 5.75 Å². The van der Waals surface area contributed by atoms with Crippen LogP contribution in [-0.4, -0.2) is 12.1 Å². The largest absolute Gasteiger partial charge is 0.495 e. The molecule has 1 aromatic heterocycles. The Hall–Kier alpha value is -1.48. The number of aromatic amines is 1. The minimum Gasteiger partial charge on any atom is -0.495 e. The zero-order valence-electron chi connectivity index (χ0n) is 8.71. The lowest BCUT2D eigenvalue weighted by molar-refractivity contribution is 0.419.